The van der Waals surface area contributed by atoms with Gasteiger partial charge in [0.1, 0.15) is 6.29 Å². The molecule has 3 rings (SSSR count). The first-order chi connectivity index (χ1) is 10.3. The van der Waals surface area contributed by atoms with Crippen LogP contribution in [0.5, 0.6) is 0 Å². The lowest BCUT2D eigenvalue weighted by atomic mass is 9.88. The Bertz CT molecular complexity index is 515. The maximum absolute atomic E-state index is 10.8. The second kappa shape index (κ2) is 6.37. The van der Waals surface area contributed by atoms with Crippen molar-refractivity contribution in [1.82, 2.24) is 9.97 Å². The van der Waals surface area contributed by atoms with Crippen LogP contribution >= 0.6 is 0 Å². The highest BCUT2D eigenvalue weighted by Crippen LogP contribution is 2.29. The van der Waals surface area contributed by atoms with Crippen molar-refractivity contribution >= 4 is 17.8 Å². The van der Waals surface area contributed by atoms with E-state index in [1.807, 2.05) is 12.4 Å². The number of hydrogen-bond acceptors (Lipinski definition) is 4. The lowest BCUT2D eigenvalue weighted by Gasteiger charge is -2.30. The summed E-state index contributed by atoms with van der Waals surface area (Å²) in [6.07, 6.45) is 12.3. The summed E-state index contributed by atoms with van der Waals surface area (Å²) in [4.78, 5) is 22.2. The fraction of sp³-hybridized carbons (Fsp3) is 0.588. The molecule has 2 aliphatic rings. The zero-order valence-electron chi connectivity index (χ0n) is 12.7. The number of anilines is 1. The van der Waals surface area contributed by atoms with Gasteiger partial charge in [0.2, 0.25) is 5.95 Å². The fourth-order valence-corrected chi connectivity index (χ4v) is 3.10. The normalized spacial score (nSPS) is 23.8. The van der Waals surface area contributed by atoms with Crippen molar-refractivity contribution in [3.63, 3.8) is 0 Å². The van der Waals surface area contributed by atoms with E-state index in [0.29, 0.717) is 0 Å². The Morgan fingerprint density at radius 1 is 1.19 bits per heavy atom. The van der Waals surface area contributed by atoms with Gasteiger partial charge in [-0.15, -0.1) is 0 Å². The number of allylic oxidation sites excluding steroid dienone is 2. The van der Waals surface area contributed by atoms with Gasteiger partial charge in [0, 0.05) is 37.0 Å². The van der Waals surface area contributed by atoms with E-state index in [0.717, 1.165) is 56.1 Å². The number of aldehydes is 1. The molecule has 1 aliphatic carbocycles. The van der Waals surface area contributed by atoms with Crippen LogP contribution in [0, 0.1) is 11.8 Å². The van der Waals surface area contributed by atoms with Gasteiger partial charge in [-0.3, -0.25) is 0 Å². The first-order valence-electron chi connectivity index (χ1n) is 7.98. The average Bonchev–Trinajstić information content (AvgIpc) is 2.56. The van der Waals surface area contributed by atoms with Crippen LogP contribution in [0.1, 0.15) is 44.6 Å². The Morgan fingerprint density at radius 3 is 2.48 bits per heavy atom. The number of carbonyl (C=O) groups excluding carboxylic acids is 1. The smallest absolute Gasteiger partial charge is 0.225 e. The summed E-state index contributed by atoms with van der Waals surface area (Å²) < 4.78 is 0. The Labute approximate surface area is 126 Å². The Morgan fingerprint density at radius 2 is 1.90 bits per heavy atom. The van der Waals surface area contributed by atoms with E-state index in [1.165, 1.54) is 18.4 Å². The van der Waals surface area contributed by atoms with E-state index in [1.54, 1.807) is 0 Å². The quantitative estimate of drug-likeness (QED) is 0.801. The lowest BCUT2D eigenvalue weighted by Crippen LogP contribution is -2.34. The van der Waals surface area contributed by atoms with Gasteiger partial charge in [0.25, 0.3) is 0 Å². The van der Waals surface area contributed by atoms with Crippen molar-refractivity contribution < 1.29 is 4.79 Å². The van der Waals surface area contributed by atoms with Crippen molar-refractivity contribution in [3.8, 4) is 0 Å². The number of carbonyl (C=O) groups is 1. The van der Waals surface area contributed by atoms with Crippen molar-refractivity contribution in [2.24, 2.45) is 11.8 Å². The van der Waals surface area contributed by atoms with E-state index < -0.39 is 0 Å². The molecule has 0 aromatic carbocycles. The van der Waals surface area contributed by atoms with Crippen LogP contribution in [0.4, 0.5) is 5.95 Å². The molecule has 0 amide bonds. The maximum atomic E-state index is 10.8. The largest absolute Gasteiger partial charge is 0.341 e. The van der Waals surface area contributed by atoms with E-state index in [9.17, 15) is 4.79 Å². The number of hydrogen-bond donors (Lipinski definition) is 0. The van der Waals surface area contributed by atoms with E-state index in [2.05, 4.69) is 27.9 Å². The molecule has 4 nitrogen and oxygen atoms in total. The summed E-state index contributed by atoms with van der Waals surface area (Å²) in [6, 6.07) is 0. The van der Waals surface area contributed by atoms with Gasteiger partial charge in [0.05, 0.1) is 0 Å². The minimum Gasteiger partial charge on any atom is -0.341 e. The number of piperidine rings is 1. The van der Waals surface area contributed by atoms with Crippen LogP contribution < -0.4 is 4.90 Å². The molecular formula is C17H23N3O. The summed E-state index contributed by atoms with van der Waals surface area (Å²) >= 11 is 0. The molecule has 4 heteroatoms. The van der Waals surface area contributed by atoms with Crippen LogP contribution in [-0.4, -0.2) is 29.3 Å². The van der Waals surface area contributed by atoms with Gasteiger partial charge >= 0.3 is 0 Å². The molecule has 1 fully saturated rings. The molecule has 0 N–H and O–H groups in total. The molecule has 0 bridgehead atoms. The van der Waals surface area contributed by atoms with Gasteiger partial charge in [-0.05, 0) is 43.6 Å². The minimum absolute atomic E-state index is 0.198. The second-order valence-electron chi connectivity index (χ2n) is 6.34. The van der Waals surface area contributed by atoms with E-state index >= 15 is 0 Å². The predicted molar refractivity (Wildman–Crippen MR) is 84.0 cm³/mol. The third-order valence-corrected chi connectivity index (χ3v) is 4.72. The van der Waals surface area contributed by atoms with Crippen LogP contribution in [0.3, 0.4) is 0 Å². The third kappa shape index (κ3) is 3.31. The van der Waals surface area contributed by atoms with Crippen molar-refractivity contribution in [2.75, 3.05) is 18.0 Å². The zero-order chi connectivity index (χ0) is 14.7. The topological polar surface area (TPSA) is 46.1 Å². The van der Waals surface area contributed by atoms with Crippen LogP contribution in [0.15, 0.2) is 18.5 Å². The Hall–Kier alpha value is -1.71. The van der Waals surface area contributed by atoms with Crippen molar-refractivity contribution in [2.45, 2.75) is 39.0 Å². The molecule has 21 heavy (non-hydrogen) atoms. The number of nitrogens with zero attached hydrogens (tertiary/aromatic N) is 3. The second-order valence-corrected chi connectivity index (χ2v) is 6.34. The van der Waals surface area contributed by atoms with Crippen LogP contribution in [0.2, 0.25) is 0 Å². The first kappa shape index (κ1) is 14.2. The van der Waals surface area contributed by atoms with Crippen molar-refractivity contribution in [1.29, 1.82) is 0 Å². The van der Waals surface area contributed by atoms with Gasteiger partial charge in [0.15, 0.2) is 0 Å². The molecule has 0 spiro atoms. The first-order valence-corrected chi connectivity index (χ1v) is 7.98. The average molecular weight is 285 g/mol. The Kier molecular flexibility index (Phi) is 4.32. The highest BCUT2D eigenvalue weighted by atomic mass is 16.1. The molecule has 1 atom stereocenters. The molecule has 0 radical (unpaired) electrons. The SMILES string of the molecule is CC1CCN(c2ncc(C3=CCC(C=O)CC3)cn2)CC1. The Balaban J connectivity index is 1.67. The van der Waals surface area contributed by atoms with Gasteiger partial charge in [-0.25, -0.2) is 9.97 Å². The maximum Gasteiger partial charge on any atom is 0.225 e. The van der Waals surface area contributed by atoms with Gasteiger partial charge in [-0.2, -0.15) is 0 Å². The zero-order valence-corrected chi connectivity index (χ0v) is 12.7. The molecule has 2 heterocycles. The molecule has 0 saturated carbocycles. The van der Waals surface area contributed by atoms with Crippen LogP contribution in [-0.2, 0) is 4.79 Å². The minimum atomic E-state index is 0.198. The van der Waals surface area contributed by atoms with Gasteiger partial charge < -0.3 is 9.69 Å². The molecular weight excluding hydrogens is 262 g/mol. The highest BCUT2D eigenvalue weighted by Gasteiger charge is 2.19. The summed E-state index contributed by atoms with van der Waals surface area (Å²) in [6.45, 7) is 4.43. The summed E-state index contributed by atoms with van der Waals surface area (Å²) in [7, 11) is 0. The summed E-state index contributed by atoms with van der Waals surface area (Å²) in [5.41, 5.74) is 2.39. The fourth-order valence-electron chi connectivity index (χ4n) is 3.10. The predicted octanol–water partition coefficient (Wildman–Crippen LogP) is 3.10. The number of rotatable bonds is 3. The molecule has 1 aliphatic heterocycles. The summed E-state index contributed by atoms with van der Waals surface area (Å²) in [5, 5.41) is 0. The molecule has 1 aromatic heterocycles. The van der Waals surface area contributed by atoms with E-state index in [-0.39, 0.29) is 5.92 Å². The standard InChI is InChI=1S/C17H23N3O/c1-13-6-8-20(9-7-13)17-18-10-16(11-19-17)15-4-2-14(12-21)3-5-15/h4,10-14H,2-3,5-9H2,1H3. The van der Waals surface area contributed by atoms with Gasteiger partial charge in [-0.1, -0.05) is 13.0 Å². The van der Waals surface area contributed by atoms with Crippen molar-refractivity contribution in [3.05, 3.63) is 24.0 Å². The number of aromatic nitrogens is 2. The lowest BCUT2D eigenvalue weighted by molar-refractivity contribution is -0.111. The van der Waals surface area contributed by atoms with E-state index in [4.69, 9.17) is 0 Å². The third-order valence-electron chi connectivity index (χ3n) is 4.72. The molecule has 1 aromatic rings. The molecule has 112 valence electrons. The molecule has 1 unspecified atom stereocenters. The highest BCUT2D eigenvalue weighted by molar-refractivity contribution is 5.67. The monoisotopic (exact) mass is 285 g/mol. The molecule has 1 saturated heterocycles. The summed E-state index contributed by atoms with van der Waals surface area (Å²) in [5.74, 6) is 1.87. The van der Waals surface area contributed by atoms with Crippen LogP contribution in [0.25, 0.3) is 5.57 Å².